The molecule has 2 aromatic rings. The lowest BCUT2D eigenvalue weighted by Gasteiger charge is -2.34. The quantitative estimate of drug-likeness (QED) is 0.796. The predicted octanol–water partition coefficient (Wildman–Crippen LogP) is 3.32. The molecule has 82 valence electrons. The van der Waals surface area contributed by atoms with Crippen LogP contribution in [-0.4, -0.2) is 5.11 Å². The highest BCUT2D eigenvalue weighted by atomic mass is 32.1. The van der Waals surface area contributed by atoms with Gasteiger partial charge in [0.1, 0.15) is 5.60 Å². The maximum atomic E-state index is 10.9. The highest BCUT2D eigenvalue weighted by Crippen LogP contribution is 2.40. The fraction of sp³-hybridized carbons (Fsp3) is 0.286. The third-order valence-corrected chi connectivity index (χ3v) is 4.13. The Labute approximate surface area is 99.4 Å². The Morgan fingerprint density at radius 1 is 1.19 bits per heavy atom. The minimum absolute atomic E-state index is 0.755. The summed E-state index contributed by atoms with van der Waals surface area (Å²) in [5.74, 6) is 0. The van der Waals surface area contributed by atoms with Crippen LogP contribution < -0.4 is 0 Å². The molecule has 1 nitrogen and oxygen atoms in total. The molecule has 16 heavy (non-hydrogen) atoms. The van der Waals surface area contributed by atoms with E-state index in [0.717, 1.165) is 30.4 Å². The van der Waals surface area contributed by atoms with Crippen molar-refractivity contribution >= 4 is 11.3 Å². The van der Waals surface area contributed by atoms with Crippen molar-refractivity contribution in [3.05, 3.63) is 57.8 Å². The van der Waals surface area contributed by atoms with Crippen molar-refractivity contribution < 1.29 is 5.11 Å². The monoisotopic (exact) mass is 230 g/mol. The molecule has 0 saturated carbocycles. The molecule has 1 aromatic heterocycles. The van der Waals surface area contributed by atoms with Crippen molar-refractivity contribution in [1.82, 2.24) is 0 Å². The van der Waals surface area contributed by atoms with E-state index in [9.17, 15) is 5.11 Å². The molecule has 1 atom stereocenters. The first-order valence-corrected chi connectivity index (χ1v) is 6.58. The summed E-state index contributed by atoms with van der Waals surface area (Å²) in [7, 11) is 0. The molecule has 0 saturated heterocycles. The predicted molar refractivity (Wildman–Crippen MR) is 66.7 cm³/mol. The van der Waals surface area contributed by atoms with Crippen LogP contribution in [0.5, 0.6) is 0 Å². The van der Waals surface area contributed by atoms with Gasteiger partial charge in [-0.05, 0) is 52.8 Å². The lowest BCUT2D eigenvalue weighted by molar-refractivity contribution is 0.0620. The molecule has 1 heterocycles. The lowest BCUT2D eigenvalue weighted by Crippen LogP contribution is -2.31. The second-order valence-electron chi connectivity index (χ2n) is 4.38. The van der Waals surface area contributed by atoms with Gasteiger partial charge in [0, 0.05) is 0 Å². The highest BCUT2D eigenvalue weighted by Gasteiger charge is 2.35. The molecule has 0 fully saturated rings. The van der Waals surface area contributed by atoms with Gasteiger partial charge in [-0.2, -0.15) is 11.3 Å². The molecule has 0 amide bonds. The van der Waals surface area contributed by atoms with E-state index < -0.39 is 5.60 Å². The third-order valence-electron chi connectivity index (χ3n) is 3.45. The minimum Gasteiger partial charge on any atom is -0.380 e. The smallest absolute Gasteiger partial charge is 0.116 e. The van der Waals surface area contributed by atoms with Crippen LogP contribution in [0.25, 0.3) is 0 Å². The van der Waals surface area contributed by atoms with Gasteiger partial charge in [-0.15, -0.1) is 0 Å². The zero-order chi connectivity index (χ0) is 11.0. The first-order chi connectivity index (χ1) is 7.81. The summed E-state index contributed by atoms with van der Waals surface area (Å²) in [5, 5.41) is 15.0. The standard InChI is InChI=1S/C14H14OS/c15-14(12-7-9-16-10-12)8-3-5-11-4-1-2-6-13(11)14/h1-2,4,6-7,9-10,15H,3,5,8H2. The molecular formula is C14H14OS. The lowest BCUT2D eigenvalue weighted by atomic mass is 9.76. The molecular weight excluding hydrogens is 216 g/mol. The van der Waals surface area contributed by atoms with Gasteiger partial charge >= 0.3 is 0 Å². The summed E-state index contributed by atoms with van der Waals surface area (Å²) >= 11 is 1.65. The molecule has 1 aromatic carbocycles. The maximum absolute atomic E-state index is 10.9. The molecule has 1 unspecified atom stereocenters. The fourth-order valence-electron chi connectivity index (χ4n) is 2.61. The second-order valence-corrected chi connectivity index (χ2v) is 5.16. The number of fused-ring (bicyclic) bond motifs is 1. The van der Waals surface area contributed by atoms with E-state index in [2.05, 4.69) is 23.6 Å². The van der Waals surface area contributed by atoms with E-state index in [-0.39, 0.29) is 0 Å². The Kier molecular flexibility index (Phi) is 2.34. The Bertz CT molecular complexity index is 489. The molecule has 1 aliphatic rings. The zero-order valence-corrected chi connectivity index (χ0v) is 9.83. The van der Waals surface area contributed by atoms with E-state index in [0.29, 0.717) is 0 Å². The summed E-state index contributed by atoms with van der Waals surface area (Å²) in [5.41, 5.74) is 2.68. The minimum atomic E-state index is -0.755. The van der Waals surface area contributed by atoms with Crippen molar-refractivity contribution in [3.63, 3.8) is 0 Å². The van der Waals surface area contributed by atoms with Gasteiger partial charge in [0.25, 0.3) is 0 Å². The van der Waals surface area contributed by atoms with Crippen LogP contribution in [0.3, 0.4) is 0 Å². The van der Waals surface area contributed by atoms with E-state index in [4.69, 9.17) is 0 Å². The number of rotatable bonds is 1. The Hall–Kier alpha value is -1.12. The molecule has 1 aliphatic carbocycles. The number of hydrogen-bond donors (Lipinski definition) is 1. The summed E-state index contributed by atoms with van der Waals surface area (Å²) in [6.07, 6.45) is 2.98. The summed E-state index contributed by atoms with van der Waals surface area (Å²) in [6.45, 7) is 0. The number of hydrogen-bond acceptors (Lipinski definition) is 2. The average Bonchev–Trinajstić information content (AvgIpc) is 2.84. The molecule has 2 heteroatoms. The largest absolute Gasteiger partial charge is 0.380 e. The molecule has 0 radical (unpaired) electrons. The summed E-state index contributed by atoms with van der Waals surface area (Å²) in [4.78, 5) is 0. The van der Waals surface area contributed by atoms with Gasteiger partial charge in [0.15, 0.2) is 0 Å². The Morgan fingerprint density at radius 2 is 2.06 bits per heavy atom. The molecule has 0 spiro atoms. The number of aliphatic hydroxyl groups is 1. The first-order valence-electron chi connectivity index (χ1n) is 5.64. The summed E-state index contributed by atoms with van der Waals surface area (Å²) in [6, 6.07) is 10.3. The molecule has 3 rings (SSSR count). The van der Waals surface area contributed by atoms with Gasteiger partial charge in [0.2, 0.25) is 0 Å². The van der Waals surface area contributed by atoms with E-state index in [1.165, 1.54) is 5.56 Å². The van der Waals surface area contributed by atoms with Crippen LogP contribution in [0.15, 0.2) is 41.1 Å². The van der Waals surface area contributed by atoms with Crippen LogP contribution in [0, 0.1) is 0 Å². The van der Waals surface area contributed by atoms with E-state index in [1.54, 1.807) is 11.3 Å². The highest BCUT2D eigenvalue weighted by molar-refractivity contribution is 7.08. The second kappa shape index (κ2) is 3.72. The molecule has 0 aliphatic heterocycles. The van der Waals surface area contributed by atoms with Crippen LogP contribution in [0.4, 0.5) is 0 Å². The number of aryl methyl sites for hydroxylation is 1. The average molecular weight is 230 g/mol. The van der Waals surface area contributed by atoms with Gasteiger partial charge in [-0.1, -0.05) is 24.3 Å². The van der Waals surface area contributed by atoms with Crippen molar-refractivity contribution in [1.29, 1.82) is 0 Å². The third kappa shape index (κ3) is 1.41. The zero-order valence-electron chi connectivity index (χ0n) is 9.02. The van der Waals surface area contributed by atoms with Crippen molar-refractivity contribution in [2.75, 3.05) is 0 Å². The fourth-order valence-corrected chi connectivity index (χ4v) is 3.33. The van der Waals surface area contributed by atoms with Crippen LogP contribution in [-0.2, 0) is 12.0 Å². The van der Waals surface area contributed by atoms with Crippen molar-refractivity contribution in [2.45, 2.75) is 24.9 Å². The van der Waals surface area contributed by atoms with Crippen molar-refractivity contribution in [2.24, 2.45) is 0 Å². The molecule has 1 N–H and O–H groups in total. The maximum Gasteiger partial charge on any atom is 0.116 e. The number of thiophene rings is 1. The Morgan fingerprint density at radius 3 is 2.88 bits per heavy atom. The Balaban J connectivity index is 2.17. The topological polar surface area (TPSA) is 20.2 Å². The van der Waals surface area contributed by atoms with Gasteiger partial charge in [-0.3, -0.25) is 0 Å². The van der Waals surface area contributed by atoms with Crippen LogP contribution >= 0.6 is 11.3 Å². The van der Waals surface area contributed by atoms with E-state index >= 15 is 0 Å². The van der Waals surface area contributed by atoms with Crippen LogP contribution in [0.2, 0.25) is 0 Å². The van der Waals surface area contributed by atoms with Gasteiger partial charge in [-0.25, -0.2) is 0 Å². The van der Waals surface area contributed by atoms with Gasteiger partial charge in [0.05, 0.1) is 0 Å². The SMILES string of the molecule is OC1(c2ccsc2)CCCc2ccccc21. The first kappa shape index (κ1) is 10.1. The van der Waals surface area contributed by atoms with Gasteiger partial charge < -0.3 is 5.11 Å². The van der Waals surface area contributed by atoms with Crippen molar-refractivity contribution in [3.8, 4) is 0 Å². The normalized spacial score (nSPS) is 24.1. The van der Waals surface area contributed by atoms with E-state index in [1.807, 2.05) is 17.5 Å². The van der Waals surface area contributed by atoms with Crippen LogP contribution in [0.1, 0.15) is 29.5 Å². The molecule has 0 bridgehead atoms. The summed E-state index contributed by atoms with van der Waals surface area (Å²) < 4.78 is 0. The number of benzene rings is 1.